The van der Waals surface area contributed by atoms with E-state index in [1.165, 1.54) is 0 Å². The zero-order valence-corrected chi connectivity index (χ0v) is 8.54. The molecular weight excluding hydrogens is 272 g/mol. The Morgan fingerprint density at radius 2 is 1.78 bits per heavy atom. The summed E-state index contributed by atoms with van der Waals surface area (Å²) in [6, 6.07) is -2.64. The molecule has 0 saturated heterocycles. The number of hydrogen-bond donors (Lipinski definition) is 1. The lowest BCUT2D eigenvalue weighted by molar-refractivity contribution is -0.177. The first-order chi connectivity index (χ1) is 7.96. The van der Waals surface area contributed by atoms with Crippen molar-refractivity contribution in [3.63, 3.8) is 0 Å². The van der Waals surface area contributed by atoms with Crippen molar-refractivity contribution in [1.29, 1.82) is 0 Å². The van der Waals surface area contributed by atoms with E-state index in [9.17, 15) is 31.1 Å². The maximum atomic E-state index is 12.5. The minimum atomic E-state index is -5.31. The van der Waals surface area contributed by atoms with E-state index in [0.717, 1.165) is 0 Å². The second kappa shape index (κ2) is 4.14. The molecule has 1 N–H and O–H groups in total. The van der Waals surface area contributed by atoms with E-state index in [2.05, 4.69) is 10.3 Å². The van der Waals surface area contributed by atoms with Gasteiger partial charge in [-0.2, -0.15) is 26.3 Å². The number of aromatic nitrogens is 3. The molecule has 0 bridgehead atoms. The number of hydrogen-bond acceptors (Lipinski definition) is 3. The topological polar surface area (TPSA) is 68.0 Å². The Morgan fingerprint density at radius 3 is 2.11 bits per heavy atom. The highest BCUT2D eigenvalue weighted by Crippen LogP contribution is 2.37. The number of halogens is 6. The lowest BCUT2D eigenvalue weighted by Crippen LogP contribution is -2.29. The average molecular weight is 277 g/mol. The summed E-state index contributed by atoms with van der Waals surface area (Å²) in [7, 11) is 0. The number of carboxylic acids is 1. The summed E-state index contributed by atoms with van der Waals surface area (Å²) in [6.07, 6.45) is -10.3. The van der Waals surface area contributed by atoms with Crippen LogP contribution in [-0.4, -0.2) is 32.2 Å². The summed E-state index contributed by atoms with van der Waals surface area (Å²) in [4.78, 5) is 10.5. The molecule has 1 atom stereocenters. The van der Waals surface area contributed by atoms with E-state index in [0.29, 0.717) is 6.92 Å². The smallest absolute Gasteiger partial charge is 0.435 e. The van der Waals surface area contributed by atoms with Crippen LogP contribution in [0.5, 0.6) is 0 Å². The molecule has 0 radical (unpaired) electrons. The largest absolute Gasteiger partial charge is 0.476 e. The molecule has 0 fully saturated rings. The Bertz CT molecular complexity index is 463. The van der Waals surface area contributed by atoms with Crippen molar-refractivity contribution in [2.24, 2.45) is 0 Å². The fourth-order valence-corrected chi connectivity index (χ4v) is 1.11. The summed E-state index contributed by atoms with van der Waals surface area (Å²) in [6.45, 7) is 0.412. The van der Waals surface area contributed by atoms with Gasteiger partial charge in [-0.3, -0.25) is 0 Å². The molecule has 1 aromatic heterocycles. The van der Waals surface area contributed by atoms with Crippen molar-refractivity contribution in [2.45, 2.75) is 25.3 Å². The minimum Gasteiger partial charge on any atom is -0.476 e. The lowest BCUT2D eigenvalue weighted by atomic mass is 10.2. The first-order valence-electron chi connectivity index (χ1n) is 4.28. The van der Waals surface area contributed by atoms with Gasteiger partial charge in [-0.05, 0) is 6.92 Å². The molecule has 5 nitrogen and oxygen atoms in total. The summed E-state index contributed by atoms with van der Waals surface area (Å²) in [5.74, 6) is -2.11. The fourth-order valence-electron chi connectivity index (χ4n) is 1.11. The first-order valence-corrected chi connectivity index (χ1v) is 4.28. The van der Waals surface area contributed by atoms with E-state index in [1.807, 2.05) is 0 Å². The summed E-state index contributed by atoms with van der Waals surface area (Å²) in [5.41, 5.74) is -3.61. The molecule has 0 aliphatic rings. The van der Waals surface area contributed by atoms with Crippen LogP contribution in [0.3, 0.4) is 0 Å². The summed E-state index contributed by atoms with van der Waals surface area (Å²) < 4.78 is 74.0. The second-order valence-electron chi connectivity index (χ2n) is 3.25. The SMILES string of the molecule is CC(n1nnc(C(=O)O)c1C(F)(F)F)C(F)(F)F. The van der Waals surface area contributed by atoms with Crippen LogP contribution in [0.4, 0.5) is 26.3 Å². The molecule has 0 saturated carbocycles. The molecule has 1 heterocycles. The maximum absolute atomic E-state index is 12.5. The molecule has 0 aromatic carbocycles. The van der Waals surface area contributed by atoms with Gasteiger partial charge in [-0.25, -0.2) is 9.48 Å². The van der Waals surface area contributed by atoms with Gasteiger partial charge in [0, 0.05) is 0 Å². The van der Waals surface area contributed by atoms with Gasteiger partial charge in [-0.1, -0.05) is 5.21 Å². The van der Waals surface area contributed by atoms with E-state index < -0.39 is 40.4 Å². The predicted octanol–water partition coefficient (Wildman–Crippen LogP) is 2.12. The van der Waals surface area contributed by atoms with Gasteiger partial charge in [0.15, 0.2) is 5.69 Å². The third-order valence-electron chi connectivity index (χ3n) is 2.01. The average Bonchev–Trinajstić information content (AvgIpc) is 2.57. The summed E-state index contributed by atoms with van der Waals surface area (Å²) >= 11 is 0. The number of carboxylic acid groups (broad SMARTS) is 1. The fraction of sp³-hybridized carbons (Fsp3) is 0.571. The van der Waals surface area contributed by atoms with Crippen molar-refractivity contribution in [1.82, 2.24) is 15.0 Å². The van der Waals surface area contributed by atoms with Gasteiger partial charge >= 0.3 is 18.3 Å². The Kier molecular flexibility index (Phi) is 3.28. The molecule has 1 unspecified atom stereocenters. The van der Waals surface area contributed by atoms with E-state index in [-0.39, 0.29) is 0 Å². The number of aromatic carboxylic acids is 1. The van der Waals surface area contributed by atoms with Crippen LogP contribution in [0.1, 0.15) is 29.1 Å². The monoisotopic (exact) mass is 277 g/mol. The molecule has 11 heteroatoms. The highest BCUT2D eigenvalue weighted by atomic mass is 19.4. The van der Waals surface area contributed by atoms with Gasteiger partial charge in [0.2, 0.25) is 5.69 Å². The van der Waals surface area contributed by atoms with Crippen LogP contribution in [0.2, 0.25) is 0 Å². The Morgan fingerprint density at radius 1 is 1.28 bits per heavy atom. The van der Waals surface area contributed by atoms with Crippen LogP contribution in [0.25, 0.3) is 0 Å². The Labute approximate surface area is 95.0 Å². The second-order valence-corrected chi connectivity index (χ2v) is 3.25. The van der Waals surface area contributed by atoms with Gasteiger partial charge in [0.1, 0.15) is 6.04 Å². The van der Waals surface area contributed by atoms with Gasteiger partial charge in [0.25, 0.3) is 0 Å². The van der Waals surface area contributed by atoms with Crippen LogP contribution >= 0.6 is 0 Å². The van der Waals surface area contributed by atoms with Gasteiger partial charge in [0.05, 0.1) is 0 Å². The molecule has 1 rings (SSSR count). The molecule has 102 valence electrons. The summed E-state index contributed by atoms with van der Waals surface area (Å²) in [5, 5.41) is 13.7. The Balaban J connectivity index is 3.44. The van der Waals surface area contributed by atoms with Crippen LogP contribution in [0.15, 0.2) is 0 Å². The van der Waals surface area contributed by atoms with Crippen molar-refractivity contribution >= 4 is 5.97 Å². The van der Waals surface area contributed by atoms with Crippen molar-refractivity contribution in [3.8, 4) is 0 Å². The van der Waals surface area contributed by atoms with Crippen LogP contribution in [0, 0.1) is 0 Å². The Hall–Kier alpha value is -1.81. The van der Waals surface area contributed by atoms with Gasteiger partial charge < -0.3 is 5.11 Å². The molecule has 0 aliphatic heterocycles. The minimum absolute atomic E-state index is 0.412. The zero-order valence-electron chi connectivity index (χ0n) is 8.54. The number of nitrogens with zero attached hydrogens (tertiary/aromatic N) is 3. The van der Waals surface area contributed by atoms with Crippen LogP contribution in [-0.2, 0) is 6.18 Å². The van der Waals surface area contributed by atoms with Crippen LogP contribution < -0.4 is 0 Å². The third-order valence-corrected chi connectivity index (χ3v) is 2.01. The quantitative estimate of drug-likeness (QED) is 0.841. The number of carbonyl (C=O) groups is 1. The van der Waals surface area contributed by atoms with Crippen molar-refractivity contribution in [2.75, 3.05) is 0 Å². The molecule has 0 aliphatic carbocycles. The highest BCUT2D eigenvalue weighted by Gasteiger charge is 2.47. The molecule has 0 amide bonds. The van der Waals surface area contributed by atoms with Crippen molar-refractivity contribution in [3.05, 3.63) is 11.4 Å². The van der Waals surface area contributed by atoms with E-state index >= 15 is 0 Å². The normalized spacial score (nSPS) is 14.6. The maximum Gasteiger partial charge on any atom is 0.435 e. The van der Waals surface area contributed by atoms with Gasteiger partial charge in [-0.15, -0.1) is 5.10 Å². The third kappa shape index (κ3) is 2.54. The number of alkyl halides is 6. The number of rotatable bonds is 2. The molecule has 0 spiro atoms. The standard InChI is InChI=1S/C7H5F6N3O2/c1-2(6(8,9)10)16-4(7(11,12)13)3(5(17)18)14-15-16/h2H,1H3,(H,17,18). The lowest BCUT2D eigenvalue weighted by Gasteiger charge is -2.18. The van der Waals surface area contributed by atoms with E-state index in [1.54, 1.807) is 0 Å². The molecule has 1 aromatic rings. The predicted molar refractivity (Wildman–Crippen MR) is 42.7 cm³/mol. The molecule has 18 heavy (non-hydrogen) atoms. The van der Waals surface area contributed by atoms with Crippen molar-refractivity contribution < 1.29 is 36.2 Å². The molecular formula is C7H5F6N3O2. The first kappa shape index (κ1) is 14.3. The zero-order chi connectivity index (χ0) is 14.3. The van der Waals surface area contributed by atoms with E-state index in [4.69, 9.17) is 5.11 Å². The highest BCUT2D eigenvalue weighted by molar-refractivity contribution is 5.86.